The zero-order valence-electron chi connectivity index (χ0n) is 15.2. The molecule has 2 aromatic rings. The van der Waals surface area contributed by atoms with Crippen LogP contribution in [0, 0.1) is 0 Å². The normalized spacial score (nSPS) is 12.1. The van der Waals surface area contributed by atoms with Crippen molar-refractivity contribution < 1.29 is 17.9 Å². The van der Waals surface area contributed by atoms with Gasteiger partial charge in [0.25, 0.3) is 0 Å². The van der Waals surface area contributed by atoms with Gasteiger partial charge >= 0.3 is 6.03 Å². The summed E-state index contributed by atoms with van der Waals surface area (Å²) in [6.45, 7) is 3.38. The number of carbonyl (C=O) groups excluding carboxylic acids is 1. The Morgan fingerprint density at radius 2 is 1.96 bits per heavy atom. The molecule has 27 heavy (non-hydrogen) atoms. The maximum atomic E-state index is 12.2. The molecule has 0 aliphatic rings. The van der Waals surface area contributed by atoms with E-state index in [9.17, 15) is 13.2 Å². The first-order valence-electron chi connectivity index (χ1n) is 8.25. The zero-order valence-corrected chi connectivity index (χ0v) is 16.8. The molecular formula is C18H22ClN3O4S. The summed E-state index contributed by atoms with van der Waals surface area (Å²) in [5, 5.41) is 6.10. The number of urea groups is 1. The third-order valence-electron chi connectivity index (χ3n) is 3.80. The van der Waals surface area contributed by atoms with Crippen LogP contribution >= 0.6 is 11.6 Å². The molecule has 146 valence electrons. The van der Waals surface area contributed by atoms with E-state index in [0.717, 1.165) is 5.56 Å². The van der Waals surface area contributed by atoms with Crippen LogP contribution in [-0.4, -0.2) is 27.3 Å². The minimum atomic E-state index is -3.43. The van der Waals surface area contributed by atoms with Gasteiger partial charge in [0, 0.05) is 16.8 Å². The maximum absolute atomic E-state index is 12.2. The lowest BCUT2D eigenvalue weighted by molar-refractivity contribution is 0.249. The first-order valence-corrected chi connectivity index (χ1v) is 10.3. The Morgan fingerprint density at radius 1 is 1.22 bits per heavy atom. The second-order valence-electron chi connectivity index (χ2n) is 5.80. The van der Waals surface area contributed by atoms with E-state index < -0.39 is 16.1 Å². The molecule has 1 atom stereocenters. The monoisotopic (exact) mass is 411 g/mol. The first kappa shape index (κ1) is 20.9. The number of anilines is 2. The van der Waals surface area contributed by atoms with Crippen LogP contribution < -0.4 is 20.1 Å². The van der Waals surface area contributed by atoms with E-state index in [1.54, 1.807) is 18.2 Å². The van der Waals surface area contributed by atoms with Crippen LogP contribution in [0.4, 0.5) is 16.2 Å². The Balaban J connectivity index is 2.07. The molecule has 0 radical (unpaired) electrons. The van der Waals surface area contributed by atoms with Gasteiger partial charge in [-0.1, -0.05) is 23.7 Å². The van der Waals surface area contributed by atoms with Gasteiger partial charge in [-0.3, -0.25) is 4.72 Å². The molecule has 0 heterocycles. The van der Waals surface area contributed by atoms with Crippen molar-refractivity contribution in [3.63, 3.8) is 0 Å². The molecule has 0 bridgehead atoms. The summed E-state index contributed by atoms with van der Waals surface area (Å²) >= 11 is 5.97. The predicted molar refractivity (Wildman–Crippen MR) is 108 cm³/mol. The van der Waals surface area contributed by atoms with Gasteiger partial charge in [0.2, 0.25) is 10.0 Å². The third-order valence-corrected chi connectivity index (χ3v) is 5.33. The molecule has 9 heteroatoms. The van der Waals surface area contributed by atoms with Crippen molar-refractivity contribution >= 4 is 39.0 Å². The lowest BCUT2D eigenvalue weighted by Gasteiger charge is -2.16. The Hall–Kier alpha value is -2.45. The highest BCUT2D eigenvalue weighted by Gasteiger charge is 2.14. The van der Waals surface area contributed by atoms with Crippen LogP contribution in [0.1, 0.15) is 25.5 Å². The highest BCUT2D eigenvalue weighted by atomic mass is 35.5. The van der Waals surface area contributed by atoms with E-state index in [4.69, 9.17) is 16.3 Å². The summed E-state index contributed by atoms with van der Waals surface area (Å²) in [6.07, 6.45) is 0. The summed E-state index contributed by atoms with van der Waals surface area (Å²) in [5.74, 6) is 0.243. The van der Waals surface area contributed by atoms with E-state index in [0.29, 0.717) is 22.1 Å². The smallest absolute Gasteiger partial charge is 0.319 e. The van der Waals surface area contributed by atoms with E-state index in [1.807, 2.05) is 19.1 Å². The summed E-state index contributed by atoms with van der Waals surface area (Å²) < 4.78 is 31.1. The van der Waals surface area contributed by atoms with E-state index in [1.165, 1.54) is 26.2 Å². The zero-order chi connectivity index (χ0) is 20.0. The maximum Gasteiger partial charge on any atom is 0.319 e. The molecule has 3 N–H and O–H groups in total. The van der Waals surface area contributed by atoms with Crippen LogP contribution in [0.5, 0.6) is 5.75 Å². The molecule has 0 fully saturated rings. The van der Waals surface area contributed by atoms with Crippen LogP contribution in [0.15, 0.2) is 42.5 Å². The van der Waals surface area contributed by atoms with Crippen LogP contribution in [0.2, 0.25) is 5.02 Å². The van der Waals surface area contributed by atoms with Gasteiger partial charge in [0.05, 0.1) is 24.6 Å². The molecular weight excluding hydrogens is 390 g/mol. The molecule has 7 nitrogen and oxygen atoms in total. The summed E-state index contributed by atoms with van der Waals surface area (Å²) in [4.78, 5) is 12.2. The molecule has 0 aromatic heterocycles. The van der Waals surface area contributed by atoms with Crippen molar-refractivity contribution in [2.24, 2.45) is 0 Å². The van der Waals surface area contributed by atoms with Crippen molar-refractivity contribution in [2.45, 2.75) is 19.9 Å². The molecule has 0 saturated heterocycles. The number of hydrogen-bond donors (Lipinski definition) is 3. The van der Waals surface area contributed by atoms with E-state index in [2.05, 4.69) is 15.4 Å². The van der Waals surface area contributed by atoms with E-state index in [-0.39, 0.29) is 11.8 Å². The third kappa shape index (κ3) is 6.04. The van der Waals surface area contributed by atoms with Crippen LogP contribution in [0.25, 0.3) is 0 Å². The molecule has 0 spiro atoms. The number of halogens is 1. The number of sulfonamides is 1. The van der Waals surface area contributed by atoms with Gasteiger partial charge in [0.1, 0.15) is 5.75 Å². The van der Waals surface area contributed by atoms with Gasteiger partial charge in [-0.05, 0) is 43.7 Å². The number of hydrogen-bond acceptors (Lipinski definition) is 4. The highest BCUT2D eigenvalue weighted by molar-refractivity contribution is 7.92. The minimum Gasteiger partial charge on any atom is -0.494 e. The van der Waals surface area contributed by atoms with Crippen molar-refractivity contribution in [3.8, 4) is 5.75 Å². The number of ether oxygens (including phenoxy) is 1. The largest absolute Gasteiger partial charge is 0.494 e. The van der Waals surface area contributed by atoms with Crippen molar-refractivity contribution in [1.29, 1.82) is 0 Å². The summed E-state index contributed by atoms with van der Waals surface area (Å²) in [6, 6.07) is 11.2. The summed E-state index contributed by atoms with van der Waals surface area (Å²) in [5.41, 5.74) is 1.64. The lowest BCUT2D eigenvalue weighted by Crippen LogP contribution is -2.31. The van der Waals surface area contributed by atoms with Gasteiger partial charge in [-0.25, -0.2) is 13.2 Å². The number of carbonyl (C=O) groups is 1. The molecule has 0 aliphatic carbocycles. The first-order chi connectivity index (χ1) is 12.7. The van der Waals surface area contributed by atoms with Gasteiger partial charge in [-0.2, -0.15) is 0 Å². The van der Waals surface area contributed by atoms with Crippen molar-refractivity contribution in [3.05, 3.63) is 53.1 Å². The number of rotatable bonds is 7. The summed E-state index contributed by atoms with van der Waals surface area (Å²) in [7, 11) is -2.01. The number of amides is 2. The molecule has 2 aromatic carbocycles. The number of benzene rings is 2. The fourth-order valence-corrected chi connectivity index (χ4v) is 3.16. The highest BCUT2D eigenvalue weighted by Crippen LogP contribution is 2.29. The molecule has 1 unspecified atom stereocenters. The van der Waals surface area contributed by atoms with Crippen molar-refractivity contribution in [1.82, 2.24) is 5.32 Å². The molecule has 0 saturated carbocycles. The minimum absolute atomic E-state index is 0.0556. The fourth-order valence-electron chi connectivity index (χ4n) is 2.32. The predicted octanol–water partition coefficient (Wildman–Crippen LogP) is 3.99. The second kappa shape index (κ2) is 8.96. The van der Waals surface area contributed by atoms with Gasteiger partial charge in [0.15, 0.2) is 0 Å². The molecule has 0 aliphatic heterocycles. The van der Waals surface area contributed by atoms with E-state index >= 15 is 0 Å². The fraction of sp³-hybridized carbons (Fsp3) is 0.278. The average Bonchev–Trinajstić information content (AvgIpc) is 2.62. The van der Waals surface area contributed by atoms with Gasteiger partial charge in [-0.15, -0.1) is 0 Å². The standard InChI is InChI=1S/C18H22ClN3O4S/c1-4-27(24,25)22-16-9-8-15(11-17(16)26-3)21-18(23)20-12(2)13-6-5-7-14(19)10-13/h5-12,22H,4H2,1-3H3,(H2,20,21,23). The molecule has 2 amide bonds. The number of methoxy groups -OCH3 is 1. The van der Waals surface area contributed by atoms with Crippen molar-refractivity contribution in [2.75, 3.05) is 22.9 Å². The Labute approximate surface area is 164 Å². The van der Waals surface area contributed by atoms with Crippen LogP contribution in [0.3, 0.4) is 0 Å². The Morgan fingerprint density at radius 3 is 2.59 bits per heavy atom. The Bertz CT molecular complexity index is 919. The molecule has 2 rings (SSSR count). The Kier molecular flexibility index (Phi) is 6.92. The topological polar surface area (TPSA) is 96.5 Å². The lowest BCUT2D eigenvalue weighted by atomic mass is 10.1. The average molecular weight is 412 g/mol. The SMILES string of the molecule is CCS(=O)(=O)Nc1ccc(NC(=O)NC(C)c2cccc(Cl)c2)cc1OC. The second-order valence-corrected chi connectivity index (χ2v) is 8.24. The number of nitrogens with one attached hydrogen (secondary N) is 3. The van der Waals surface area contributed by atoms with Gasteiger partial charge < -0.3 is 15.4 Å². The van der Waals surface area contributed by atoms with Crippen LogP contribution in [-0.2, 0) is 10.0 Å². The quantitative estimate of drug-likeness (QED) is 0.641.